The van der Waals surface area contributed by atoms with Crippen LogP contribution in [0.3, 0.4) is 0 Å². The first-order valence-electron chi connectivity index (χ1n) is 6.42. The van der Waals surface area contributed by atoms with Gasteiger partial charge in [-0.15, -0.1) is 0 Å². The minimum Gasteiger partial charge on any atom is -0.397 e. The Morgan fingerprint density at radius 3 is 2.35 bits per heavy atom. The molecule has 0 bridgehead atoms. The number of halogens is 1. The molecule has 1 rings (SSSR count). The standard InChI is InChI=1S/C14H23FN2/c1-4-11(5-2)10-17(6-3)14-8-7-12(15)9-13(14)16/h7-9,11H,4-6,10,16H2,1-3H3. The van der Waals surface area contributed by atoms with Crippen molar-refractivity contribution in [2.75, 3.05) is 23.7 Å². The quantitative estimate of drug-likeness (QED) is 0.766. The molecule has 96 valence electrons. The highest BCUT2D eigenvalue weighted by Crippen LogP contribution is 2.25. The summed E-state index contributed by atoms with van der Waals surface area (Å²) in [6, 6.07) is 4.64. The number of hydrogen-bond donors (Lipinski definition) is 1. The molecule has 17 heavy (non-hydrogen) atoms. The lowest BCUT2D eigenvalue weighted by Crippen LogP contribution is -2.29. The summed E-state index contributed by atoms with van der Waals surface area (Å²) in [6.07, 6.45) is 2.32. The van der Waals surface area contributed by atoms with E-state index in [2.05, 4.69) is 25.7 Å². The Kier molecular flexibility index (Phi) is 5.26. The third-order valence-electron chi connectivity index (χ3n) is 3.35. The molecule has 2 nitrogen and oxygen atoms in total. The third-order valence-corrected chi connectivity index (χ3v) is 3.35. The molecule has 0 aliphatic carbocycles. The first-order valence-corrected chi connectivity index (χ1v) is 6.42. The summed E-state index contributed by atoms with van der Waals surface area (Å²) in [5.74, 6) is 0.393. The van der Waals surface area contributed by atoms with E-state index in [4.69, 9.17) is 5.73 Å². The number of anilines is 2. The van der Waals surface area contributed by atoms with Gasteiger partial charge in [-0.2, -0.15) is 0 Å². The minimum absolute atomic E-state index is 0.273. The zero-order valence-electron chi connectivity index (χ0n) is 11.0. The van der Waals surface area contributed by atoms with Crippen LogP contribution in [-0.2, 0) is 0 Å². The van der Waals surface area contributed by atoms with Crippen molar-refractivity contribution in [2.45, 2.75) is 33.6 Å². The van der Waals surface area contributed by atoms with E-state index in [1.54, 1.807) is 6.07 Å². The molecule has 2 N–H and O–H groups in total. The van der Waals surface area contributed by atoms with E-state index in [1.165, 1.54) is 12.1 Å². The molecule has 1 aromatic carbocycles. The zero-order valence-corrected chi connectivity index (χ0v) is 11.0. The van der Waals surface area contributed by atoms with Crippen LogP contribution in [0.2, 0.25) is 0 Å². The van der Waals surface area contributed by atoms with Gasteiger partial charge in [0.25, 0.3) is 0 Å². The van der Waals surface area contributed by atoms with Crippen molar-refractivity contribution >= 4 is 11.4 Å². The molecule has 0 radical (unpaired) electrons. The molecule has 0 spiro atoms. The number of nitrogen functional groups attached to an aromatic ring is 1. The number of nitrogens with two attached hydrogens (primary N) is 1. The highest BCUT2D eigenvalue weighted by molar-refractivity contribution is 5.67. The maximum atomic E-state index is 13.0. The van der Waals surface area contributed by atoms with Crippen LogP contribution in [-0.4, -0.2) is 13.1 Å². The Morgan fingerprint density at radius 2 is 1.88 bits per heavy atom. The van der Waals surface area contributed by atoms with Crippen LogP contribution < -0.4 is 10.6 Å². The molecule has 0 heterocycles. The Labute approximate surface area is 104 Å². The first kappa shape index (κ1) is 13.8. The van der Waals surface area contributed by atoms with Gasteiger partial charge in [0, 0.05) is 13.1 Å². The van der Waals surface area contributed by atoms with Gasteiger partial charge in [-0.3, -0.25) is 0 Å². The van der Waals surface area contributed by atoms with Crippen molar-refractivity contribution in [2.24, 2.45) is 5.92 Å². The maximum absolute atomic E-state index is 13.0. The van der Waals surface area contributed by atoms with Crippen LogP contribution in [0.5, 0.6) is 0 Å². The van der Waals surface area contributed by atoms with Gasteiger partial charge in [0.15, 0.2) is 0 Å². The lowest BCUT2D eigenvalue weighted by molar-refractivity contribution is 0.486. The van der Waals surface area contributed by atoms with E-state index < -0.39 is 0 Å². The molecular formula is C14H23FN2. The molecular weight excluding hydrogens is 215 g/mol. The van der Waals surface area contributed by atoms with E-state index in [9.17, 15) is 4.39 Å². The van der Waals surface area contributed by atoms with Gasteiger partial charge in [-0.25, -0.2) is 4.39 Å². The molecule has 0 aliphatic heterocycles. The summed E-state index contributed by atoms with van der Waals surface area (Å²) >= 11 is 0. The van der Waals surface area contributed by atoms with Crippen molar-refractivity contribution in [3.63, 3.8) is 0 Å². The van der Waals surface area contributed by atoms with Crippen molar-refractivity contribution in [3.8, 4) is 0 Å². The second-order valence-corrected chi connectivity index (χ2v) is 4.42. The molecule has 1 aromatic rings. The van der Waals surface area contributed by atoms with Crippen molar-refractivity contribution in [3.05, 3.63) is 24.0 Å². The average molecular weight is 238 g/mol. The Balaban J connectivity index is 2.85. The molecule has 3 heteroatoms. The summed E-state index contributed by atoms with van der Waals surface area (Å²) in [5, 5.41) is 0. The average Bonchev–Trinajstić information content (AvgIpc) is 2.32. The van der Waals surface area contributed by atoms with E-state index in [0.29, 0.717) is 11.6 Å². The van der Waals surface area contributed by atoms with Gasteiger partial charge in [0.2, 0.25) is 0 Å². The van der Waals surface area contributed by atoms with Crippen molar-refractivity contribution in [1.29, 1.82) is 0 Å². The Bertz CT molecular complexity index is 348. The van der Waals surface area contributed by atoms with E-state index in [1.807, 2.05) is 0 Å². The summed E-state index contributed by atoms with van der Waals surface area (Å²) in [7, 11) is 0. The van der Waals surface area contributed by atoms with Gasteiger partial charge in [0.1, 0.15) is 5.82 Å². The van der Waals surface area contributed by atoms with Crippen molar-refractivity contribution < 1.29 is 4.39 Å². The number of rotatable bonds is 6. The van der Waals surface area contributed by atoms with Crippen LogP contribution in [0, 0.1) is 11.7 Å². The third kappa shape index (κ3) is 3.62. The van der Waals surface area contributed by atoms with Crippen LogP contribution in [0.4, 0.5) is 15.8 Å². The number of benzene rings is 1. The van der Waals surface area contributed by atoms with E-state index in [-0.39, 0.29) is 5.82 Å². The van der Waals surface area contributed by atoms with Gasteiger partial charge >= 0.3 is 0 Å². The predicted molar refractivity (Wildman–Crippen MR) is 72.8 cm³/mol. The molecule has 0 aliphatic rings. The fourth-order valence-corrected chi connectivity index (χ4v) is 2.07. The molecule has 0 saturated heterocycles. The zero-order chi connectivity index (χ0) is 12.8. The van der Waals surface area contributed by atoms with Crippen LogP contribution in [0.15, 0.2) is 18.2 Å². The summed E-state index contributed by atoms with van der Waals surface area (Å²) in [4.78, 5) is 2.23. The maximum Gasteiger partial charge on any atom is 0.125 e. The number of nitrogens with zero attached hydrogens (tertiary/aromatic N) is 1. The summed E-state index contributed by atoms with van der Waals surface area (Å²) < 4.78 is 13.0. The summed E-state index contributed by atoms with van der Waals surface area (Å²) in [5.41, 5.74) is 7.35. The minimum atomic E-state index is -0.273. The van der Waals surface area contributed by atoms with E-state index in [0.717, 1.165) is 31.6 Å². The lowest BCUT2D eigenvalue weighted by Gasteiger charge is -2.28. The second-order valence-electron chi connectivity index (χ2n) is 4.42. The lowest BCUT2D eigenvalue weighted by atomic mass is 10.0. The fraction of sp³-hybridized carbons (Fsp3) is 0.571. The molecule has 0 unspecified atom stereocenters. The van der Waals surface area contributed by atoms with Gasteiger partial charge in [-0.05, 0) is 31.0 Å². The monoisotopic (exact) mass is 238 g/mol. The van der Waals surface area contributed by atoms with Gasteiger partial charge < -0.3 is 10.6 Å². The highest BCUT2D eigenvalue weighted by atomic mass is 19.1. The molecule has 0 saturated carbocycles. The van der Waals surface area contributed by atoms with Gasteiger partial charge in [0.05, 0.1) is 11.4 Å². The Morgan fingerprint density at radius 1 is 1.24 bits per heavy atom. The van der Waals surface area contributed by atoms with E-state index >= 15 is 0 Å². The van der Waals surface area contributed by atoms with Gasteiger partial charge in [-0.1, -0.05) is 26.7 Å². The molecule has 0 amide bonds. The summed E-state index contributed by atoms with van der Waals surface area (Å²) in [6.45, 7) is 8.39. The van der Waals surface area contributed by atoms with Crippen LogP contribution >= 0.6 is 0 Å². The topological polar surface area (TPSA) is 29.3 Å². The fourth-order valence-electron chi connectivity index (χ4n) is 2.07. The Hall–Kier alpha value is -1.25. The normalized spacial score (nSPS) is 10.9. The second kappa shape index (κ2) is 6.48. The molecule has 0 atom stereocenters. The number of hydrogen-bond acceptors (Lipinski definition) is 2. The first-order chi connectivity index (χ1) is 8.12. The smallest absolute Gasteiger partial charge is 0.125 e. The largest absolute Gasteiger partial charge is 0.397 e. The molecule has 0 fully saturated rings. The predicted octanol–water partition coefficient (Wildman–Crippen LogP) is 3.67. The molecule has 0 aromatic heterocycles. The SMILES string of the molecule is CCC(CC)CN(CC)c1ccc(F)cc1N. The van der Waals surface area contributed by atoms with Crippen LogP contribution in [0.25, 0.3) is 0 Å². The highest BCUT2D eigenvalue weighted by Gasteiger charge is 2.13. The van der Waals surface area contributed by atoms with Crippen molar-refractivity contribution in [1.82, 2.24) is 0 Å². The van der Waals surface area contributed by atoms with Crippen LogP contribution in [0.1, 0.15) is 33.6 Å².